The molecule has 0 bridgehead atoms. The fraction of sp³-hybridized carbons (Fsp3) is 0.286. The number of quaternary nitrogens is 1. The molecule has 1 aliphatic rings. The van der Waals surface area contributed by atoms with Crippen LogP contribution in [0, 0.1) is 0 Å². The van der Waals surface area contributed by atoms with Gasteiger partial charge < -0.3 is 10.2 Å². The van der Waals surface area contributed by atoms with Crippen molar-refractivity contribution in [3.8, 4) is 0 Å². The lowest BCUT2D eigenvalue weighted by molar-refractivity contribution is -0.909. The van der Waals surface area contributed by atoms with Crippen molar-refractivity contribution in [2.75, 3.05) is 18.4 Å². The first-order chi connectivity index (χ1) is 12.9. The Kier molecular flexibility index (Phi) is 5.65. The monoisotopic (exact) mass is 375 g/mol. The fourth-order valence-corrected chi connectivity index (χ4v) is 3.33. The van der Waals surface area contributed by atoms with Crippen LogP contribution >= 0.6 is 0 Å². The lowest BCUT2D eigenvalue weighted by Gasteiger charge is -2.28. The van der Waals surface area contributed by atoms with E-state index in [-0.39, 0.29) is 5.69 Å². The van der Waals surface area contributed by atoms with Crippen molar-refractivity contribution in [2.45, 2.75) is 25.6 Å². The highest BCUT2D eigenvalue weighted by atomic mass is 19.4. The highest BCUT2D eigenvalue weighted by molar-refractivity contribution is 5.94. The normalized spacial score (nSPS) is 18.5. The van der Waals surface area contributed by atoms with Gasteiger partial charge in [-0.05, 0) is 36.3 Å². The molecule has 0 saturated heterocycles. The minimum absolute atomic E-state index is 0.196. The molecule has 0 saturated carbocycles. The van der Waals surface area contributed by atoms with E-state index in [4.69, 9.17) is 0 Å². The van der Waals surface area contributed by atoms with Crippen LogP contribution in [0.1, 0.15) is 24.5 Å². The number of amides is 1. The number of hydrogen-bond acceptors (Lipinski definition) is 1. The van der Waals surface area contributed by atoms with Gasteiger partial charge >= 0.3 is 6.18 Å². The first kappa shape index (κ1) is 19.2. The molecule has 1 amide bonds. The van der Waals surface area contributed by atoms with Crippen LogP contribution in [0.2, 0.25) is 0 Å². The second-order valence-electron chi connectivity index (χ2n) is 6.71. The predicted octanol–water partition coefficient (Wildman–Crippen LogP) is 3.40. The summed E-state index contributed by atoms with van der Waals surface area (Å²) in [7, 11) is 0. The molecule has 0 spiro atoms. The molecular formula is C21H22F3N2O+. The van der Waals surface area contributed by atoms with Crippen LogP contribution in [0.3, 0.4) is 0 Å². The van der Waals surface area contributed by atoms with Crippen molar-refractivity contribution in [3.05, 3.63) is 71.8 Å². The second kappa shape index (κ2) is 7.96. The van der Waals surface area contributed by atoms with Crippen molar-refractivity contribution in [1.29, 1.82) is 0 Å². The molecule has 27 heavy (non-hydrogen) atoms. The standard InChI is InChI=1S/C21H21F3N2O/c1-15(20(27)25-19-10-6-5-9-18(19)21(22,23)24)26-13-11-17(12-14-26)16-7-3-2-4-8-16/h2-11,15H,12-14H2,1H3,(H,25,27)/p+1/t15-/m0/s1. The van der Waals surface area contributed by atoms with E-state index in [1.54, 1.807) is 6.92 Å². The average molecular weight is 375 g/mol. The maximum absolute atomic E-state index is 13.1. The topological polar surface area (TPSA) is 33.5 Å². The summed E-state index contributed by atoms with van der Waals surface area (Å²) in [4.78, 5) is 13.6. The molecule has 1 unspecified atom stereocenters. The molecule has 3 rings (SSSR count). The Morgan fingerprint density at radius 3 is 2.37 bits per heavy atom. The molecule has 0 radical (unpaired) electrons. The van der Waals surface area contributed by atoms with E-state index in [1.165, 1.54) is 29.3 Å². The molecule has 2 atom stereocenters. The van der Waals surface area contributed by atoms with Gasteiger partial charge in [0.15, 0.2) is 6.04 Å². The Morgan fingerprint density at radius 2 is 1.74 bits per heavy atom. The second-order valence-corrected chi connectivity index (χ2v) is 6.71. The van der Waals surface area contributed by atoms with Crippen molar-refractivity contribution in [3.63, 3.8) is 0 Å². The van der Waals surface area contributed by atoms with E-state index in [0.29, 0.717) is 6.54 Å². The van der Waals surface area contributed by atoms with E-state index in [2.05, 4.69) is 23.5 Å². The summed E-state index contributed by atoms with van der Waals surface area (Å²) in [5.41, 5.74) is 1.39. The molecule has 2 N–H and O–H groups in total. The summed E-state index contributed by atoms with van der Waals surface area (Å²) in [5, 5.41) is 2.46. The Hall–Kier alpha value is -2.60. The molecule has 3 nitrogen and oxygen atoms in total. The quantitative estimate of drug-likeness (QED) is 0.844. The largest absolute Gasteiger partial charge is 0.418 e. The van der Waals surface area contributed by atoms with Crippen molar-refractivity contribution in [1.82, 2.24) is 0 Å². The van der Waals surface area contributed by atoms with E-state index < -0.39 is 23.7 Å². The van der Waals surface area contributed by atoms with Gasteiger partial charge in [-0.2, -0.15) is 13.2 Å². The number of carbonyl (C=O) groups excluding carboxylic acids is 1. The third kappa shape index (κ3) is 4.57. The van der Waals surface area contributed by atoms with Gasteiger partial charge in [0.2, 0.25) is 0 Å². The number of nitrogens with one attached hydrogen (secondary N) is 2. The van der Waals surface area contributed by atoms with Crippen LogP contribution in [0.4, 0.5) is 18.9 Å². The number of hydrogen-bond donors (Lipinski definition) is 2. The van der Waals surface area contributed by atoms with Crippen LogP contribution in [0.25, 0.3) is 5.57 Å². The smallest absolute Gasteiger partial charge is 0.321 e. The van der Waals surface area contributed by atoms with Gasteiger partial charge in [0.1, 0.15) is 0 Å². The van der Waals surface area contributed by atoms with Gasteiger partial charge in [0.25, 0.3) is 5.91 Å². The Balaban J connectivity index is 1.67. The zero-order valence-corrected chi connectivity index (χ0v) is 15.0. The van der Waals surface area contributed by atoms with E-state index in [0.717, 1.165) is 23.9 Å². The zero-order valence-electron chi connectivity index (χ0n) is 15.0. The minimum Gasteiger partial charge on any atom is -0.321 e. The number of rotatable bonds is 4. The maximum Gasteiger partial charge on any atom is 0.418 e. The summed E-state index contributed by atoms with van der Waals surface area (Å²) in [6.45, 7) is 3.18. The Labute approximate surface area is 156 Å². The highest BCUT2D eigenvalue weighted by Gasteiger charge is 2.35. The highest BCUT2D eigenvalue weighted by Crippen LogP contribution is 2.34. The Morgan fingerprint density at radius 1 is 1.07 bits per heavy atom. The maximum atomic E-state index is 13.1. The van der Waals surface area contributed by atoms with Crippen LogP contribution in [0.5, 0.6) is 0 Å². The summed E-state index contributed by atoms with van der Waals surface area (Å²) in [5.74, 6) is -0.404. The lowest BCUT2D eigenvalue weighted by Crippen LogP contribution is -3.17. The number of halogens is 3. The van der Waals surface area contributed by atoms with Gasteiger partial charge in [-0.1, -0.05) is 42.5 Å². The molecule has 1 aliphatic heterocycles. The summed E-state index contributed by atoms with van der Waals surface area (Å²) >= 11 is 0. The Bertz CT molecular complexity index is 831. The summed E-state index contributed by atoms with van der Waals surface area (Å²) in [6, 6.07) is 14.7. The van der Waals surface area contributed by atoms with Gasteiger partial charge in [-0.15, -0.1) is 0 Å². The van der Waals surface area contributed by atoms with Crippen molar-refractivity contribution in [2.24, 2.45) is 0 Å². The minimum atomic E-state index is -4.50. The number of benzene rings is 2. The molecule has 0 fully saturated rings. The van der Waals surface area contributed by atoms with Gasteiger partial charge in [0, 0.05) is 6.42 Å². The average Bonchev–Trinajstić information content (AvgIpc) is 2.68. The van der Waals surface area contributed by atoms with Crippen LogP contribution in [-0.4, -0.2) is 25.0 Å². The number of anilines is 1. The molecule has 6 heteroatoms. The van der Waals surface area contributed by atoms with Crippen LogP contribution < -0.4 is 10.2 Å². The van der Waals surface area contributed by atoms with Crippen molar-refractivity contribution >= 4 is 17.2 Å². The van der Waals surface area contributed by atoms with Gasteiger partial charge in [-0.25, -0.2) is 0 Å². The molecule has 0 aromatic heterocycles. The van der Waals surface area contributed by atoms with Crippen molar-refractivity contribution < 1.29 is 22.9 Å². The number of carbonyl (C=O) groups is 1. The molecule has 142 valence electrons. The number of alkyl halides is 3. The van der Waals surface area contributed by atoms with Crippen LogP contribution in [-0.2, 0) is 11.0 Å². The lowest BCUT2D eigenvalue weighted by atomic mass is 9.99. The van der Waals surface area contributed by atoms with E-state index in [9.17, 15) is 18.0 Å². The SMILES string of the molecule is C[C@@H](C(=O)Nc1ccccc1C(F)(F)F)[NH+]1CC=C(c2ccccc2)CC1. The molecule has 2 aromatic rings. The zero-order chi connectivity index (χ0) is 19.4. The first-order valence-electron chi connectivity index (χ1n) is 8.92. The molecule has 0 aliphatic carbocycles. The predicted molar refractivity (Wildman–Crippen MR) is 99.3 cm³/mol. The molecular weight excluding hydrogens is 353 g/mol. The summed E-state index contributed by atoms with van der Waals surface area (Å²) < 4.78 is 39.3. The number of para-hydroxylation sites is 1. The van der Waals surface area contributed by atoms with Gasteiger partial charge in [-0.3, -0.25) is 4.79 Å². The van der Waals surface area contributed by atoms with E-state index >= 15 is 0 Å². The fourth-order valence-electron chi connectivity index (χ4n) is 3.33. The molecule has 2 aromatic carbocycles. The van der Waals surface area contributed by atoms with E-state index in [1.807, 2.05) is 18.2 Å². The molecule has 1 heterocycles. The first-order valence-corrected chi connectivity index (χ1v) is 8.92. The van der Waals surface area contributed by atoms with Gasteiger partial charge in [0.05, 0.1) is 24.3 Å². The summed E-state index contributed by atoms with van der Waals surface area (Å²) in [6.07, 6.45) is -1.56. The van der Waals surface area contributed by atoms with Crippen LogP contribution in [0.15, 0.2) is 60.7 Å². The third-order valence-electron chi connectivity index (χ3n) is 4.97. The third-order valence-corrected chi connectivity index (χ3v) is 4.97.